The Labute approximate surface area is 160 Å². The van der Waals surface area contributed by atoms with Gasteiger partial charge < -0.3 is 4.90 Å². The fourth-order valence-corrected chi connectivity index (χ4v) is 3.39. The maximum absolute atomic E-state index is 13.5. The summed E-state index contributed by atoms with van der Waals surface area (Å²) in [6.07, 6.45) is 1.87. The molecule has 1 aliphatic rings. The molecule has 0 aromatic heterocycles. The van der Waals surface area contributed by atoms with E-state index in [9.17, 15) is 18.0 Å². The van der Waals surface area contributed by atoms with Crippen LogP contribution in [-0.4, -0.2) is 22.5 Å². The van der Waals surface area contributed by atoms with Gasteiger partial charge in [0.2, 0.25) is 0 Å². The van der Waals surface area contributed by atoms with E-state index in [1.165, 1.54) is 19.1 Å². The topological polar surface area (TPSA) is 20.3 Å². The van der Waals surface area contributed by atoms with Crippen LogP contribution < -0.4 is 0 Å². The predicted molar refractivity (Wildman–Crippen MR) is 104 cm³/mol. The highest BCUT2D eigenvalue weighted by atomic mass is 31.0. The van der Waals surface area contributed by atoms with Gasteiger partial charge >= 0.3 is 0 Å². The summed E-state index contributed by atoms with van der Waals surface area (Å²) in [4.78, 5) is 14.9. The second kappa shape index (κ2) is 7.63. The molecule has 0 saturated heterocycles. The fourth-order valence-electron chi connectivity index (χ4n) is 3.20. The maximum Gasteiger partial charge on any atom is 0.265 e. The summed E-state index contributed by atoms with van der Waals surface area (Å²) in [6.45, 7) is 3.38. The summed E-state index contributed by atoms with van der Waals surface area (Å²) in [6, 6.07) is 12.5. The Morgan fingerprint density at radius 3 is 2.04 bits per heavy atom. The van der Waals surface area contributed by atoms with E-state index in [0.717, 1.165) is 18.4 Å². The molecular formula is C21H23F3NOP. The smallest absolute Gasteiger partial charge is 0.265 e. The van der Waals surface area contributed by atoms with Gasteiger partial charge in [0, 0.05) is 17.5 Å². The summed E-state index contributed by atoms with van der Waals surface area (Å²) >= 11 is 0. The van der Waals surface area contributed by atoms with Crippen molar-refractivity contribution in [2.75, 3.05) is 0 Å². The molecule has 1 aliphatic carbocycles. The van der Waals surface area contributed by atoms with E-state index in [1.54, 1.807) is 45.6 Å². The molecule has 1 saturated carbocycles. The van der Waals surface area contributed by atoms with Crippen LogP contribution in [0.2, 0.25) is 0 Å². The first-order valence-electron chi connectivity index (χ1n) is 9.03. The van der Waals surface area contributed by atoms with E-state index in [0.29, 0.717) is 11.1 Å². The average Bonchev–Trinajstić information content (AvgIpc) is 3.46. The number of hydrogen-bond acceptors (Lipinski definition) is 1. The van der Waals surface area contributed by atoms with Crippen LogP contribution >= 0.6 is 9.24 Å². The van der Waals surface area contributed by atoms with Crippen molar-refractivity contribution in [2.45, 2.75) is 50.4 Å². The molecule has 3 unspecified atom stereocenters. The third-order valence-electron chi connectivity index (χ3n) is 5.18. The number of alkyl halides is 2. The van der Waals surface area contributed by atoms with E-state index >= 15 is 0 Å². The van der Waals surface area contributed by atoms with Gasteiger partial charge in [0.05, 0.1) is 6.04 Å². The van der Waals surface area contributed by atoms with Gasteiger partial charge in [-0.2, -0.15) is 0 Å². The molecule has 144 valence electrons. The molecule has 2 aromatic rings. The first kappa shape index (κ1) is 19.9. The zero-order valence-corrected chi connectivity index (χ0v) is 16.5. The monoisotopic (exact) mass is 393 g/mol. The average molecular weight is 393 g/mol. The fraction of sp³-hybridized carbons (Fsp3) is 0.381. The summed E-state index contributed by atoms with van der Waals surface area (Å²) in [5, 5.41) is 0. The lowest BCUT2D eigenvalue weighted by molar-refractivity contribution is 0.0674. The molecule has 2 nitrogen and oxygen atoms in total. The molecule has 0 bridgehead atoms. The van der Waals surface area contributed by atoms with Gasteiger partial charge in [0.25, 0.3) is 11.6 Å². The van der Waals surface area contributed by atoms with Crippen LogP contribution in [0.3, 0.4) is 0 Å². The third kappa shape index (κ3) is 4.52. The Morgan fingerprint density at radius 2 is 1.56 bits per heavy atom. The van der Waals surface area contributed by atoms with Crippen molar-refractivity contribution in [1.29, 1.82) is 0 Å². The van der Waals surface area contributed by atoms with E-state index in [4.69, 9.17) is 0 Å². The SMILES string of the molecule is CC(c1ccc(F)cc1)N(C(=O)c1ccc(C(C)C(F)(F)P)cc1)C1CC1. The molecule has 1 fully saturated rings. The van der Waals surface area contributed by atoms with Crippen molar-refractivity contribution in [3.63, 3.8) is 0 Å². The number of halogens is 3. The molecule has 27 heavy (non-hydrogen) atoms. The summed E-state index contributed by atoms with van der Waals surface area (Å²) in [5.74, 6) is -1.40. The number of nitrogens with zero attached hydrogens (tertiary/aromatic N) is 1. The molecule has 3 rings (SSSR count). The molecule has 0 N–H and O–H groups in total. The molecule has 0 radical (unpaired) electrons. The molecule has 1 amide bonds. The van der Waals surface area contributed by atoms with Crippen molar-refractivity contribution in [3.8, 4) is 0 Å². The Kier molecular flexibility index (Phi) is 5.62. The van der Waals surface area contributed by atoms with Crippen molar-refractivity contribution < 1.29 is 18.0 Å². The van der Waals surface area contributed by atoms with E-state index in [2.05, 4.69) is 0 Å². The number of amides is 1. The predicted octanol–water partition coefficient (Wildman–Crippen LogP) is 5.76. The van der Waals surface area contributed by atoms with Crippen molar-refractivity contribution in [2.24, 2.45) is 0 Å². The summed E-state index contributed by atoms with van der Waals surface area (Å²) < 4.78 is 40.2. The van der Waals surface area contributed by atoms with Gasteiger partial charge in [0.1, 0.15) is 5.82 Å². The van der Waals surface area contributed by atoms with Crippen molar-refractivity contribution in [3.05, 3.63) is 71.0 Å². The van der Waals surface area contributed by atoms with Gasteiger partial charge in [0.15, 0.2) is 0 Å². The third-order valence-corrected chi connectivity index (χ3v) is 5.68. The minimum atomic E-state index is -2.90. The summed E-state index contributed by atoms with van der Waals surface area (Å²) in [7, 11) is 1.56. The van der Waals surface area contributed by atoms with Crippen LogP contribution in [0.25, 0.3) is 0 Å². The highest BCUT2D eigenvalue weighted by Crippen LogP contribution is 2.39. The Balaban J connectivity index is 1.82. The molecule has 3 atom stereocenters. The van der Waals surface area contributed by atoms with Crippen molar-refractivity contribution in [1.82, 2.24) is 4.90 Å². The van der Waals surface area contributed by atoms with E-state index in [1.807, 2.05) is 11.8 Å². The molecule has 0 aliphatic heterocycles. The molecule has 2 aromatic carbocycles. The quantitative estimate of drug-likeness (QED) is 0.571. The first-order chi connectivity index (χ1) is 12.7. The highest BCUT2D eigenvalue weighted by Gasteiger charge is 2.37. The van der Waals surface area contributed by atoms with Crippen LogP contribution in [0.15, 0.2) is 48.5 Å². The molecular weight excluding hydrogens is 370 g/mol. The number of benzene rings is 2. The number of rotatable bonds is 6. The Hall–Kier alpha value is -1.87. The zero-order valence-electron chi connectivity index (χ0n) is 15.3. The minimum absolute atomic E-state index is 0.133. The molecule has 6 heteroatoms. The second-order valence-electron chi connectivity index (χ2n) is 7.19. The minimum Gasteiger partial charge on any atom is -0.329 e. The summed E-state index contributed by atoms with van der Waals surface area (Å²) in [5.41, 5.74) is -1.08. The Morgan fingerprint density at radius 1 is 1.04 bits per heavy atom. The number of carbonyl (C=O) groups excluding carboxylic acids is 1. The largest absolute Gasteiger partial charge is 0.329 e. The van der Waals surface area contributed by atoms with Gasteiger partial charge in [-0.1, -0.05) is 40.4 Å². The van der Waals surface area contributed by atoms with Crippen LogP contribution in [0.5, 0.6) is 0 Å². The maximum atomic E-state index is 13.5. The lowest BCUT2D eigenvalue weighted by atomic mass is 9.99. The van der Waals surface area contributed by atoms with Crippen LogP contribution in [-0.2, 0) is 0 Å². The van der Waals surface area contributed by atoms with Crippen LogP contribution in [0, 0.1) is 5.82 Å². The number of hydrogen-bond donors (Lipinski definition) is 0. The normalized spacial score (nSPS) is 16.7. The number of carbonyl (C=O) groups is 1. The van der Waals surface area contributed by atoms with Crippen molar-refractivity contribution >= 4 is 15.1 Å². The van der Waals surface area contributed by atoms with Gasteiger partial charge in [-0.25, -0.2) is 13.2 Å². The first-order valence-corrected chi connectivity index (χ1v) is 9.61. The van der Waals surface area contributed by atoms with E-state index in [-0.39, 0.29) is 23.8 Å². The zero-order chi connectivity index (χ0) is 19.8. The van der Waals surface area contributed by atoms with Gasteiger partial charge in [-0.05, 0) is 55.2 Å². The van der Waals surface area contributed by atoms with Crippen LogP contribution in [0.4, 0.5) is 13.2 Å². The molecule has 0 spiro atoms. The van der Waals surface area contributed by atoms with E-state index < -0.39 is 11.6 Å². The molecule has 0 heterocycles. The lowest BCUT2D eigenvalue weighted by Crippen LogP contribution is -2.35. The van der Waals surface area contributed by atoms with Crippen LogP contribution in [0.1, 0.15) is 60.1 Å². The van der Waals surface area contributed by atoms with Gasteiger partial charge in [-0.15, -0.1) is 0 Å². The van der Waals surface area contributed by atoms with Gasteiger partial charge in [-0.3, -0.25) is 4.79 Å². The standard InChI is InChI=1S/C21H23F3NOP/c1-13(21(23,24)27)15-3-5-17(6-4-15)20(26)25(19-11-12-19)14(2)16-7-9-18(22)10-8-16/h3-10,13-14,19H,11-12,27H2,1-2H3. The second-order valence-corrected chi connectivity index (χ2v) is 7.96. The Bertz CT molecular complexity index is 798. The lowest BCUT2D eigenvalue weighted by Gasteiger charge is -2.30. The highest BCUT2D eigenvalue weighted by molar-refractivity contribution is 7.18.